The molecule has 0 spiro atoms. The van der Waals surface area contributed by atoms with Crippen LogP contribution in [-0.2, 0) is 12.8 Å². The lowest BCUT2D eigenvalue weighted by Gasteiger charge is -2.06. The van der Waals surface area contributed by atoms with Gasteiger partial charge in [-0.25, -0.2) is 0 Å². The first-order chi connectivity index (χ1) is 10.8. The summed E-state index contributed by atoms with van der Waals surface area (Å²) in [6, 6.07) is 21.0. The molecule has 22 heavy (non-hydrogen) atoms. The van der Waals surface area contributed by atoms with Crippen LogP contribution in [0.2, 0.25) is 0 Å². The summed E-state index contributed by atoms with van der Waals surface area (Å²) in [5, 5.41) is 0. The number of aliphatic imine (C=N–C) groups is 1. The zero-order valence-electron chi connectivity index (χ0n) is 13.4. The molecule has 0 saturated heterocycles. The molecule has 1 nitrogen and oxygen atoms in total. The largest absolute Gasteiger partial charge is 0.293 e. The first kappa shape index (κ1) is 16.0. The third kappa shape index (κ3) is 5.17. The summed E-state index contributed by atoms with van der Waals surface area (Å²) < 4.78 is 0. The molecule has 0 aliphatic rings. The van der Waals surface area contributed by atoms with Crippen molar-refractivity contribution in [3.8, 4) is 0 Å². The van der Waals surface area contributed by atoms with Gasteiger partial charge >= 0.3 is 0 Å². The van der Waals surface area contributed by atoms with Crippen molar-refractivity contribution < 1.29 is 0 Å². The minimum absolute atomic E-state index is 0.868. The first-order valence-corrected chi connectivity index (χ1v) is 7.68. The van der Waals surface area contributed by atoms with E-state index in [0.29, 0.717) is 0 Å². The normalized spacial score (nSPS) is 12.8. The van der Waals surface area contributed by atoms with Gasteiger partial charge in [0.15, 0.2) is 0 Å². The molecule has 2 aromatic carbocycles. The number of allylic oxidation sites excluding steroid dienone is 4. The van der Waals surface area contributed by atoms with Gasteiger partial charge in [0.05, 0.1) is 0 Å². The molecule has 0 atom stereocenters. The second-order valence-corrected chi connectivity index (χ2v) is 5.26. The monoisotopic (exact) mass is 289 g/mol. The smallest absolute Gasteiger partial charge is 0.0391 e. The molecular formula is C21H23N. The Morgan fingerprint density at radius 2 is 1.41 bits per heavy atom. The topological polar surface area (TPSA) is 12.4 Å². The molecule has 2 rings (SSSR count). The van der Waals surface area contributed by atoms with Crippen LogP contribution in [0.3, 0.4) is 0 Å². The van der Waals surface area contributed by atoms with Crippen molar-refractivity contribution in [1.29, 1.82) is 0 Å². The molecule has 0 radical (unpaired) electrons. The Balaban J connectivity index is 2.16. The summed E-state index contributed by atoms with van der Waals surface area (Å²) in [4.78, 5) is 4.45. The number of hydrogen-bond donors (Lipinski definition) is 0. The van der Waals surface area contributed by atoms with E-state index in [1.807, 2.05) is 13.1 Å². The summed E-state index contributed by atoms with van der Waals surface area (Å²) in [5.41, 5.74) is 5.00. The van der Waals surface area contributed by atoms with Crippen LogP contribution in [0.4, 0.5) is 0 Å². The van der Waals surface area contributed by atoms with Crippen LogP contribution >= 0.6 is 0 Å². The van der Waals surface area contributed by atoms with Gasteiger partial charge in [-0.3, -0.25) is 4.99 Å². The van der Waals surface area contributed by atoms with Crippen LogP contribution in [0.15, 0.2) is 89.5 Å². The van der Waals surface area contributed by atoms with Crippen molar-refractivity contribution in [3.05, 3.63) is 95.6 Å². The van der Waals surface area contributed by atoms with Crippen molar-refractivity contribution in [2.75, 3.05) is 7.05 Å². The van der Waals surface area contributed by atoms with Gasteiger partial charge in [0.25, 0.3) is 0 Å². The Bertz CT molecular complexity index is 649. The molecule has 0 saturated carbocycles. The van der Waals surface area contributed by atoms with Crippen molar-refractivity contribution in [2.24, 2.45) is 4.99 Å². The van der Waals surface area contributed by atoms with Gasteiger partial charge in [-0.2, -0.15) is 0 Å². The Hall–Kier alpha value is -2.41. The van der Waals surface area contributed by atoms with Crippen LogP contribution in [0, 0.1) is 0 Å². The zero-order chi connectivity index (χ0) is 15.6. The fourth-order valence-electron chi connectivity index (χ4n) is 2.42. The summed E-state index contributed by atoms with van der Waals surface area (Å²) in [5.74, 6) is 0. The molecule has 0 amide bonds. The number of rotatable bonds is 6. The van der Waals surface area contributed by atoms with E-state index in [-0.39, 0.29) is 0 Å². The minimum Gasteiger partial charge on any atom is -0.293 e. The fraction of sp³-hybridized carbons (Fsp3) is 0.190. The molecule has 2 aromatic rings. The summed E-state index contributed by atoms with van der Waals surface area (Å²) in [6.07, 6.45) is 8.26. The molecule has 0 aliphatic carbocycles. The van der Waals surface area contributed by atoms with Gasteiger partial charge in [0.1, 0.15) is 0 Å². The Labute approximate surface area is 133 Å². The number of benzene rings is 2. The predicted octanol–water partition coefficient (Wildman–Crippen LogP) is 5.05. The van der Waals surface area contributed by atoms with Gasteiger partial charge in [0.2, 0.25) is 0 Å². The van der Waals surface area contributed by atoms with Gasteiger partial charge < -0.3 is 0 Å². The highest BCUT2D eigenvalue weighted by molar-refractivity contribution is 5.97. The Morgan fingerprint density at radius 1 is 0.864 bits per heavy atom. The second kappa shape index (κ2) is 8.78. The van der Waals surface area contributed by atoms with Crippen molar-refractivity contribution in [3.63, 3.8) is 0 Å². The molecule has 0 fully saturated rings. The average Bonchev–Trinajstić information content (AvgIpc) is 2.56. The second-order valence-electron chi connectivity index (χ2n) is 5.26. The van der Waals surface area contributed by atoms with E-state index < -0.39 is 0 Å². The van der Waals surface area contributed by atoms with Crippen LogP contribution in [-0.4, -0.2) is 12.8 Å². The average molecular weight is 289 g/mol. The number of hydrogen-bond acceptors (Lipinski definition) is 1. The molecule has 0 N–H and O–H groups in total. The van der Waals surface area contributed by atoms with Crippen molar-refractivity contribution >= 4 is 5.71 Å². The van der Waals surface area contributed by atoms with Crippen LogP contribution in [0.25, 0.3) is 0 Å². The SMILES string of the molecule is C/C=C\C(=C/C(Cc1ccccc1)=NC)Cc1ccccc1. The lowest BCUT2D eigenvalue weighted by molar-refractivity contribution is 1.19. The van der Waals surface area contributed by atoms with E-state index in [9.17, 15) is 0 Å². The van der Waals surface area contributed by atoms with E-state index in [4.69, 9.17) is 0 Å². The van der Waals surface area contributed by atoms with Gasteiger partial charge in [-0.05, 0) is 36.1 Å². The standard InChI is InChI=1S/C21H23N/c1-3-10-20(15-18-11-6-4-7-12-18)17-21(22-2)16-19-13-8-5-9-14-19/h3-14,17H,15-16H2,1-2H3/b10-3-,20-17+,22-21?. The van der Waals surface area contributed by atoms with Gasteiger partial charge in [-0.1, -0.05) is 72.8 Å². The Kier molecular flexibility index (Phi) is 6.38. The fourth-order valence-corrected chi connectivity index (χ4v) is 2.42. The summed E-state index contributed by atoms with van der Waals surface area (Å²) in [7, 11) is 1.87. The molecule has 0 bridgehead atoms. The Morgan fingerprint density at radius 3 is 1.91 bits per heavy atom. The van der Waals surface area contributed by atoms with Crippen molar-refractivity contribution in [1.82, 2.24) is 0 Å². The molecule has 1 heteroatoms. The summed E-state index contributed by atoms with van der Waals surface area (Å²) in [6.45, 7) is 2.05. The molecule has 0 aromatic heterocycles. The molecule has 0 heterocycles. The highest BCUT2D eigenvalue weighted by Crippen LogP contribution is 2.11. The maximum absolute atomic E-state index is 4.45. The summed E-state index contributed by atoms with van der Waals surface area (Å²) >= 11 is 0. The van der Waals surface area contributed by atoms with Crippen LogP contribution < -0.4 is 0 Å². The highest BCUT2D eigenvalue weighted by atomic mass is 14.7. The molecule has 112 valence electrons. The number of nitrogens with zero attached hydrogens (tertiary/aromatic N) is 1. The third-order valence-corrected chi connectivity index (χ3v) is 3.50. The predicted molar refractivity (Wildman–Crippen MR) is 96.5 cm³/mol. The van der Waals surface area contributed by atoms with Crippen LogP contribution in [0.1, 0.15) is 18.1 Å². The molecule has 0 aliphatic heterocycles. The molecule has 0 unspecified atom stereocenters. The molecular weight excluding hydrogens is 266 g/mol. The van der Waals surface area contributed by atoms with E-state index in [2.05, 4.69) is 84.7 Å². The third-order valence-electron chi connectivity index (χ3n) is 3.50. The van der Waals surface area contributed by atoms with Gasteiger partial charge in [-0.15, -0.1) is 0 Å². The quantitative estimate of drug-likeness (QED) is 0.521. The van der Waals surface area contributed by atoms with Crippen molar-refractivity contribution in [2.45, 2.75) is 19.8 Å². The van der Waals surface area contributed by atoms with Gasteiger partial charge in [0, 0.05) is 19.2 Å². The maximum Gasteiger partial charge on any atom is 0.0391 e. The lowest BCUT2D eigenvalue weighted by atomic mass is 10.0. The minimum atomic E-state index is 0.868. The zero-order valence-corrected chi connectivity index (χ0v) is 13.4. The first-order valence-electron chi connectivity index (χ1n) is 7.68. The van der Waals surface area contributed by atoms with E-state index >= 15 is 0 Å². The van der Waals surface area contributed by atoms with E-state index in [0.717, 1.165) is 18.6 Å². The van der Waals surface area contributed by atoms with E-state index in [1.165, 1.54) is 16.7 Å². The van der Waals surface area contributed by atoms with E-state index in [1.54, 1.807) is 0 Å². The lowest BCUT2D eigenvalue weighted by Crippen LogP contribution is -2.02. The maximum atomic E-state index is 4.45. The highest BCUT2D eigenvalue weighted by Gasteiger charge is 2.01. The van der Waals surface area contributed by atoms with Crippen LogP contribution in [0.5, 0.6) is 0 Å².